The summed E-state index contributed by atoms with van der Waals surface area (Å²) in [6.07, 6.45) is 6.83. The fourth-order valence-corrected chi connectivity index (χ4v) is 1.76. The third kappa shape index (κ3) is 4.45. The highest BCUT2D eigenvalue weighted by molar-refractivity contribution is 5.76. The van der Waals surface area contributed by atoms with Crippen molar-refractivity contribution in [3.63, 3.8) is 0 Å². The van der Waals surface area contributed by atoms with Crippen LogP contribution in [0.15, 0.2) is 54.9 Å². The number of anilines is 1. The first kappa shape index (κ1) is 14.8. The zero-order chi connectivity index (χ0) is 15.1. The van der Waals surface area contributed by atoms with Crippen LogP contribution in [0.25, 0.3) is 6.08 Å². The molecular formula is C17H18N2O2. The zero-order valence-electron chi connectivity index (χ0n) is 11.9. The van der Waals surface area contributed by atoms with Crippen LogP contribution in [0.1, 0.15) is 18.1 Å². The molecule has 1 atom stereocenters. The number of nitrogen functional groups attached to an aromatic ring is 1. The van der Waals surface area contributed by atoms with Crippen molar-refractivity contribution in [2.75, 3.05) is 5.73 Å². The van der Waals surface area contributed by atoms with E-state index < -0.39 is 0 Å². The smallest absolute Gasteiger partial charge is 0.312 e. The van der Waals surface area contributed by atoms with Crippen LogP contribution >= 0.6 is 0 Å². The van der Waals surface area contributed by atoms with Crippen LogP contribution in [0.4, 0.5) is 5.69 Å². The Labute approximate surface area is 124 Å². The van der Waals surface area contributed by atoms with Crippen molar-refractivity contribution in [1.82, 2.24) is 4.98 Å². The Morgan fingerprint density at radius 3 is 2.81 bits per heavy atom. The zero-order valence-corrected chi connectivity index (χ0v) is 11.9. The molecule has 108 valence electrons. The van der Waals surface area contributed by atoms with Gasteiger partial charge < -0.3 is 10.5 Å². The molecule has 21 heavy (non-hydrogen) atoms. The van der Waals surface area contributed by atoms with Crippen LogP contribution in [-0.4, -0.2) is 11.0 Å². The number of pyridine rings is 1. The van der Waals surface area contributed by atoms with E-state index in [1.54, 1.807) is 31.5 Å². The predicted molar refractivity (Wildman–Crippen MR) is 83.1 cm³/mol. The Morgan fingerprint density at radius 2 is 2.10 bits per heavy atom. The Balaban J connectivity index is 1.89. The summed E-state index contributed by atoms with van der Waals surface area (Å²) in [5.41, 5.74) is 8.18. The summed E-state index contributed by atoms with van der Waals surface area (Å²) < 4.78 is 5.27. The molecule has 0 bridgehead atoms. The molecule has 4 nitrogen and oxygen atoms in total. The van der Waals surface area contributed by atoms with E-state index in [1.807, 2.05) is 36.4 Å². The summed E-state index contributed by atoms with van der Waals surface area (Å²) >= 11 is 0. The molecule has 2 rings (SSSR count). The van der Waals surface area contributed by atoms with Gasteiger partial charge in [-0.2, -0.15) is 0 Å². The average Bonchev–Trinajstić information content (AvgIpc) is 2.52. The summed E-state index contributed by atoms with van der Waals surface area (Å²) in [6, 6.07) is 11.4. The molecule has 0 radical (unpaired) electrons. The summed E-state index contributed by atoms with van der Waals surface area (Å²) in [6.45, 7) is 2.08. The fraction of sp³-hybridized carbons (Fsp3) is 0.176. The van der Waals surface area contributed by atoms with Gasteiger partial charge in [-0.05, 0) is 18.6 Å². The summed E-state index contributed by atoms with van der Waals surface area (Å²) in [7, 11) is 0. The Hall–Kier alpha value is -2.62. The normalized spacial score (nSPS) is 12.2. The summed E-state index contributed by atoms with van der Waals surface area (Å²) in [5, 5.41) is 0. The van der Waals surface area contributed by atoms with Gasteiger partial charge >= 0.3 is 5.97 Å². The Kier molecular flexibility index (Phi) is 5.10. The maximum absolute atomic E-state index is 11.9. The number of aromatic nitrogens is 1. The first-order chi connectivity index (χ1) is 10.2. The van der Waals surface area contributed by atoms with E-state index in [0.29, 0.717) is 5.69 Å². The minimum absolute atomic E-state index is 0.261. The van der Waals surface area contributed by atoms with Crippen LogP contribution in [0.2, 0.25) is 0 Å². The van der Waals surface area contributed by atoms with E-state index in [4.69, 9.17) is 10.5 Å². The molecular weight excluding hydrogens is 264 g/mol. The maximum atomic E-state index is 11.9. The minimum atomic E-state index is -0.332. The van der Waals surface area contributed by atoms with Crippen LogP contribution in [0, 0.1) is 5.92 Å². The topological polar surface area (TPSA) is 65.2 Å². The molecule has 4 heteroatoms. The van der Waals surface area contributed by atoms with Crippen molar-refractivity contribution in [2.45, 2.75) is 13.5 Å². The molecule has 1 aromatic carbocycles. The molecule has 2 aromatic rings. The van der Waals surface area contributed by atoms with Crippen LogP contribution in [0.3, 0.4) is 0 Å². The monoisotopic (exact) mass is 282 g/mol. The van der Waals surface area contributed by atoms with Gasteiger partial charge in [0.25, 0.3) is 0 Å². The molecule has 0 saturated heterocycles. The Morgan fingerprint density at radius 1 is 1.33 bits per heavy atom. The van der Waals surface area contributed by atoms with Crippen molar-refractivity contribution in [2.24, 2.45) is 5.92 Å². The molecule has 0 saturated carbocycles. The molecule has 0 aliphatic heterocycles. The van der Waals surface area contributed by atoms with Gasteiger partial charge in [0.05, 0.1) is 17.8 Å². The van der Waals surface area contributed by atoms with Gasteiger partial charge in [-0.3, -0.25) is 9.78 Å². The van der Waals surface area contributed by atoms with Crippen molar-refractivity contribution in [3.05, 3.63) is 66.0 Å². The van der Waals surface area contributed by atoms with E-state index in [9.17, 15) is 4.79 Å². The van der Waals surface area contributed by atoms with Gasteiger partial charge in [-0.1, -0.05) is 42.5 Å². The molecule has 0 fully saturated rings. The summed E-state index contributed by atoms with van der Waals surface area (Å²) in [4.78, 5) is 15.8. The molecule has 0 aliphatic carbocycles. The number of ether oxygens (including phenoxy) is 1. The largest absolute Gasteiger partial charge is 0.460 e. The van der Waals surface area contributed by atoms with E-state index in [-0.39, 0.29) is 18.5 Å². The first-order valence-corrected chi connectivity index (χ1v) is 6.75. The third-order valence-corrected chi connectivity index (χ3v) is 3.05. The van der Waals surface area contributed by atoms with Gasteiger partial charge in [-0.25, -0.2) is 0 Å². The quantitative estimate of drug-likeness (QED) is 0.856. The van der Waals surface area contributed by atoms with Crippen molar-refractivity contribution in [1.29, 1.82) is 0 Å². The van der Waals surface area contributed by atoms with Gasteiger partial charge in [0.1, 0.15) is 6.61 Å². The lowest BCUT2D eigenvalue weighted by molar-refractivity contribution is -0.147. The number of benzene rings is 1. The SMILES string of the molecule is CC(C=Cc1ccncc1N)C(=O)OCc1ccccc1. The number of hydrogen-bond acceptors (Lipinski definition) is 4. The third-order valence-electron chi connectivity index (χ3n) is 3.05. The number of carbonyl (C=O) groups is 1. The van der Waals surface area contributed by atoms with Gasteiger partial charge in [-0.15, -0.1) is 0 Å². The number of nitrogens with zero attached hydrogens (tertiary/aromatic N) is 1. The lowest BCUT2D eigenvalue weighted by atomic mass is 10.1. The van der Waals surface area contributed by atoms with Gasteiger partial charge in [0.2, 0.25) is 0 Å². The molecule has 2 N–H and O–H groups in total. The second-order valence-electron chi connectivity index (χ2n) is 4.75. The number of nitrogens with two attached hydrogens (primary N) is 1. The molecule has 1 unspecified atom stereocenters. The highest BCUT2D eigenvalue weighted by Crippen LogP contribution is 2.13. The van der Waals surface area contributed by atoms with Gasteiger partial charge in [0, 0.05) is 11.8 Å². The van der Waals surface area contributed by atoms with Gasteiger partial charge in [0.15, 0.2) is 0 Å². The van der Waals surface area contributed by atoms with Crippen LogP contribution in [0.5, 0.6) is 0 Å². The van der Waals surface area contributed by atoms with Crippen molar-refractivity contribution >= 4 is 17.7 Å². The van der Waals surface area contributed by atoms with E-state index in [2.05, 4.69) is 4.98 Å². The average molecular weight is 282 g/mol. The number of esters is 1. The van der Waals surface area contributed by atoms with Crippen LogP contribution in [-0.2, 0) is 16.1 Å². The highest BCUT2D eigenvalue weighted by atomic mass is 16.5. The highest BCUT2D eigenvalue weighted by Gasteiger charge is 2.11. The second-order valence-corrected chi connectivity index (χ2v) is 4.75. The molecule has 0 aliphatic rings. The molecule has 1 aromatic heterocycles. The number of carbonyl (C=O) groups excluding carboxylic acids is 1. The standard InChI is InChI=1S/C17H18N2O2/c1-13(7-8-15-9-10-19-11-16(15)18)17(20)21-12-14-5-3-2-4-6-14/h2-11,13H,12,18H2,1H3. The number of rotatable bonds is 5. The van der Waals surface area contributed by atoms with E-state index >= 15 is 0 Å². The molecule has 0 spiro atoms. The minimum Gasteiger partial charge on any atom is -0.460 e. The first-order valence-electron chi connectivity index (χ1n) is 6.75. The summed E-state index contributed by atoms with van der Waals surface area (Å²) in [5.74, 6) is -0.594. The van der Waals surface area contributed by atoms with E-state index in [1.165, 1.54) is 0 Å². The van der Waals surface area contributed by atoms with Crippen LogP contribution < -0.4 is 5.73 Å². The van der Waals surface area contributed by atoms with E-state index in [0.717, 1.165) is 11.1 Å². The number of hydrogen-bond donors (Lipinski definition) is 1. The maximum Gasteiger partial charge on any atom is 0.312 e. The lowest BCUT2D eigenvalue weighted by Crippen LogP contribution is -2.12. The second kappa shape index (κ2) is 7.24. The lowest BCUT2D eigenvalue weighted by Gasteiger charge is -2.08. The molecule has 1 heterocycles. The molecule has 0 amide bonds. The van der Waals surface area contributed by atoms with Crippen molar-refractivity contribution < 1.29 is 9.53 Å². The van der Waals surface area contributed by atoms with Crippen molar-refractivity contribution in [3.8, 4) is 0 Å². The fourth-order valence-electron chi connectivity index (χ4n) is 1.76. The Bertz CT molecular complexity index is 624. The predicted octanol–water partition coefficient (Wildman–Crippen LogP) is 3.06.